The van der Waals surface area contributed by atoms with Crippen LogP contribution in [0.2, 0.25) is 0 Å². The van der Waals surface area contributed by atoms with Gasteiger partial charge in [0.05, 0.1) is 23.1 Å². The van der Waals surface area contributed by atoms with Crippen molar-refractivity contribution >= 4 is 35.6 Å². The Bertz CT molecular complexity index is 575. The minimum Gasteiger partial charge on any atom is -0.378 e. The van der Waals surface area contributed by atoms with E-state index in [1.807, 2.05) is 13.8 Å². The summed E-state index contributed by atoms with van der Waals surface area (Å²) >= 11 is 0. The Morgan fingerprint density at radius 1 is 1.36 bits per heavy atom. The lowest BCUT2D eigenvalue weighted by Crippen LogP contribution is -2.47. The van der Waals surface area contributed by atoms with E-state index in [0.717, 1.165) is 45.0 Å². The van der Waals surface area contributed by atoms with Crippen LogP contribution in [0.5, 0.6) is 0 Å². The van der Waals surface area contributed by atoms with Gasteiger partial charge >= 0.3 is 0 Å². The topological polar surface area (TPSA) is 80.0 Å². The summed E-state index contributed by atoms with van der Waals surface area (Å²) in [5, 5.41) is 14.4. The molecule has 1 aromatic rings. The van der Waals surface area contributed by atoms with E-state index < -0.39 is 0 Å². The van der Waals surface area contributed by atoms with Crippen molar-refractivity contribution in [1.29, 1.82) is 0 Å². The standard InChI is InChI=1S/C17H26N4O3.HI/c1-3-18-17(20-11-9-15(10-12-20)24-4-2)19-13-14-7-5-6-8-16(14)21(22)23;/h5-8,15H,3-4,9-13H2,1-2H3,(H,18,19);1H. The molecule has 1 aromatic carbocycles. The molecule has 0 spiro atoms. The van der Waals surface area contributed by atoms with E-state index in [0.29, 0.717) is 18.2 Å². The maximum Gasteiger partial charge on any atom is 0.274 e. The zero-order valence-electron chi connectivity index (χ0n) is 14.8. The predicted octanol–water partition coefficient (Wildman–Crippen LogP) is 3.18. The third kappa shape index (κ3) is 6.43. The summed E-state index contributed by atoms with van der Waals surface area (Å²) in [5.41, 5.74) is 0.745. The fourth-order valence-electron chi connectivity index (χ4n) is 2.88. The number of ether oxygens (including phenoxy) is 1. The molecule has 1 aliphatic heterocycles. The molecule has 1 heterocycles. The number of piperidine rings is 1. The van der Waals surface area contributed by atoms with Crippen molar-refractivity contribution < 1.29 is 9.66 Å². The van der Waals surface area contributed by atoms with Gasteiger partial charge < -0.3 is 15.0 Å². The number of nitrogens with one attached hydrogen (secondary N) is 1. The highest BCUT2D eigenvalue weighted by Gasteiger charge is 2.21. The fraction of sp³-hybridized carbons (Fsp3) is 0.588. The van der Waals surface area contributed by atoms with E-state index in [2.05, 4.69) is 15.2 Å². The van der Waals surface area contributed by atoms with Gasteiger partial charge in [0.25, 0.3) is 5.69 Å². The summed E-state index contributed by atoms with van der Waals surface area (Å²) in [7, 11) is 0. The van der Waals surface area contributed by atoms with Crippen LogP contribution < -0.4 is 5.32 Å². The largest absolute Gasteiger partial charge is 0.378 e. The number of nitro benzene ring substituents is 1. The van der Waals surface area contributed by atoms with E-state index in [1.165, 1.54) is 6.07 Å². The second-order valence-corrected chi connectivity index (χ2v) is 5.70. The van der Waals surface area contributed by atoms with Crippen LogP contribution in [0.25, 0.3) is 0 Å². The molecular weight excluding hydrogens is 435 g/mol. The number of rotatable bonds is 6. The molecule has 25 heavy (non-hydrogen) atoms. The van der Waals surface area contributed by atoms with Crippen molar-refractivity contribution in [1.82, 2.24) is 10.2 Å². The zero-order valence-corrected chi connectivity index (χ0v) is 17.1. The number of para-hydroxylation sites is 1. The maximum atomic E-state index is 11.1. The minimum absolute atomic E-state index is 0. The van der Waals surface area contributed by atoms with Crippen molar-refractivity contribution in [2.75, 3.05) is 26.2 Å². The lowest BCUT2D eigenvalue weighted by Gasteiger charge is -2.34. The van der Waals surface area contributed by atoms with Gasteiger partial charge in [-0.05, 0) is 26.7 Å². The van der Waals surface area contributed by atoms with Gasteiger partial charge in [-0.15, -0.1) is 24.0 Å². The zero-order chi connectivity index (χ0) is 17.4. The summed E-state index contributed by atoms with van der Waals surface area (Å²) < 4.78 is 5.68. The number of benzene rings is 1. The van der Waals surface area contributed by atoms with Crippen molar-refractivity contribution in [3.63, 3.8) is 0 Å². The number of likely N-dealkylation sites (tertiary alicyclic amines) is 1. The molecule has 1 fully saturated rings. The first-order valence-electron chi connectivity index (χ1n) is 8.52. The van der Waals surface area contributed by atoms with Crippen molar-refractivity contribution in [3.8, 4) is 0 Å². The van der Waals surface area contributed by atoms with Gasteiger partial charge in [-0.3, -0.25) is 10.1 Å². The Labute approximate surface area is 166 Å². The Kier molecular flexibility index (Phi) is 9.73. The Hall–Kier alpha value is -1.42. The molecule has 1 N–H and O–H groups in total. The van der Waals surface area contributed by atoms with Gasteiger partial charge in [0.15, 0.2) is 5.96 Å². The molecule has 8 heteroatoms. The number of hydrogen-bond donors (Lipinski definition) is 1. The Morgan fingerprint density at radius 2 is 2.04 bits per heavy atom. The van der Waals surface area contributed by atoms with Gasteiger partial charge in [0, 0.05) is 32.3 Å². The molecule has 7 nitrogen and oxygen atoms in total. The first-order chi connectivity index (χ1) is 11.7. The highest BCUT2D eigenvalue weighted by molar-refractivity contribution is 14.0. The lowest BCUT2D eigenvalue weighted by atomic mass is 10.1. The highest BCUT2D eigenvalue weighted by Crippen LogP contribution is 2.19. The van der Waals surface area contributed by atoms with Crippen LogP contribution in [-0.2, 0) is 11.3 Å². The summed E-state index contributed by atoms with van der Waals surface area (Å²) in [6, 6.07) is 6.76. The number of halogens is 1. The summed E-state index contributed by atoms with van der Waals surface area (Å²) in [6.45, 7) is 7.61. The molecule has 0 aliphatic carbocycles. The molecule has 0 unspecified atom stereocenters. The van der Waals surface area contributed by atoms with E-state index >= 15 is 0 Å². The van der Waals surface area contributed by atoms with Crippen molar-refractivity contribution in [2.45, 2.75) is 39.3 Å². The predicted molar refractivity (Wildman–Crippen MR) is 110 cm³/mol. The molecule has 0 amide bonds. The van der Waals surface area contributed by atoms with E-state index in [1.54, 1.807) is 18.2 Å². The summed E-state index contributed by atoms with van der Waals surface area (Å²) in [6.07, 6.45) is 2.28. The molecule has 0 saturated carbocycles. The number of guanidine groups is 1. The number of hydrogen-bond acceptors (Lipinski definition) is 4. The van der Waals surface area contributed by atoms with E-state index in [-0.39, 0.29) is 34.6 Å². The second-order valence-electron chi connectivity index (χ2n) is 5.70. The van der Waals surface area contributed by atoms with Crippen LogP contribution in [0.1, 0.15) is 32.3 Å². The van der Waals surface area contributed by atoms with Gasteiger partial charge in [0.2, 0.25) is 0 Å². The molecule has 1 aliphatic rings. The smallest absolute Gasteiger partial charge is 0.274 e. The quantitative estimate of drug-likeness (QED) is 0.231. The molecular formula is C17H27IN4O3. The van der Waals surface area contributed by atoms with Crippen molar-refractivity contribution in [2.24, 2.45) is 4.99 Å². The number of nitrogens with zero attached hydrogens (tertiary/aromatic N) is 3. The second kappa shape index (κ2) is 11.2. The van der Waals surface area contributed by atoms with Crippen LogP contribution in [0.15, 0.2) is 29.3 Å². The third-order valence-electron chi connectivity index (χ3n) is 4.07. The molecule has 0 bridgehead atoms. The molecule has 2 rings (SSSR count). The van der Waals surface area contributed by atoms with Crippen LogP contribution in [0.3, 0.4) is 0 Å². The Morgan fingerprint density at radius 3 is 2.64 bits per heavy atom. The first-order valence-corrected chi connectivity index (χ1v) is 8.52. The maximum absolute atomic E-state index is 11.1. The van der Waals surface area contributed by atoms with Gasteiger partial charge in [-0.1, -0.05) is 18.2 Å². The molecule has 1 saturated heterocycles. The van der Waals surface area contributed by atoms with Crippen LogP contribution >= 0.6 is 24.0 Å². The average Bonchev–Trinajstić information content (AvgIpc) is 2.60. The third-order valence-corrected chi connectivity index (χ3v) is 4.07. The monoisotopic (exact) mass is 462 g/mol. The Balaban J connectivity index is 0.00000312. The molecule has 140 valence electrons. The van der Waals surface area contributed by atoms with E-state index in [9.17, 15) is 10.1 Å². The number of aliphatic imine (C=N–C) groups is 1. The minimum atomic E-state index is -0.356. The van der Waals surface area contributed by atoms with Gasteiger partial charge in [-0.25, -0.2) is 4.99 Å². The fourth-order valence-corrected chi connectivity index (χ4v) is 2.88. The van der Waals surface area contributed by atoms with Crippen LogP contribution in [0.4, 0.5) is 5.69 Å². The number of nitro groups is 1. The van der Waals surface area contributed by atoms with E-state index in [4.69, 9.17) is 4.74 Å². The molecule has 0 radical (unpaired) electrons. The van der Waals surface area contributed by atoms with Crippen LogP contribution in [-0.4, -0.2) is 48.1 Å². The SMILES string of the molecule is CCNC(=NCc1ccccc1[N+](=O)[O-])N1CCC(OCC)CC1.I. The lowest BCUT2D eigenvalue weighted by molar-refractivity contribution is -0.385. The van der Waals surface area contributed by atoms with Gasteiger partial charge in [-0.2, -0.15) is 0 Å². The van der Waals surface area contributed by atoms with Gasteiger partial charge in [0.1, 0.15) is 0 Å². The summed E-state index contributed by atoms with van der Waals surface area (Å²) in [4.78, 5) is 17.6. The normalized spacial score (nSPS) is 15.6. The summed E-state index contributed by atoms with van der Waals surface area (Å²) in [5.74, 6) is 0.811. The highest BCUT2D eigenvalue weighted by atomic mass is 127. The molecule has 0 atom stereocenters. The average molecular weight is 462 g/mol. The van der Waals surface area contributed by atoms with Crippen molar-refractivity contribution in [3.05, 3.63) is 39.9 Å². The molecule has 0 aromatic heterocycles. The van der Waals surface area contributed by atoms with Crippen LogP contribution in [0, 0.1) is 10.1 Å². The first kappa shape index (κ1) is 21.6.